The van der Waals surface area contributed by atoms with Gasteiger partial charge in [-0.15, -0.1) is 11.3 Å². The van der Waals surface area contributed by atoms with E-state index in [9.17, 15) is 9.59 Å². The molecule has 0 spiro atoms. The van der Waals surface area contributed by atoms with Gasteiger partial charge in [-0.1, -0.05) is 17.8 Å². The molecule has 0 N–H and O–H groups in total. The lowest BCUT2D eigenvalue weighted by molar-refractivity contribution is -0.119. The summed E-state index contributed by atoms with van der Waals surface area (Å²) in [5, 5.41) is 0. The first-order valence-corrected chi connectivity index (χ1v) is 10.0. The number of anilines is 1. The Morgan fingerprint density at radius 2 is 2.27 bits per heavy atom. The molecular formula is C17H16N4O3S2. The van der Waals surface area contributed by atoms with Gasteiger partial charge in [-0.2, -0.15) is 0 Å². The van der Waals surface area contributed by atoms with E-state index in [-0.39, 0.29) is 18.0 Å². The number of aryl methyl sites for hydroxylation is 1. The fourth-order valence-corrected chi connectivity index (χ4v) is 4.31. The summed E-state index contributed by atoms with van der Waals surface area (Å²) < 4.78 is 8.23. The van der Waals surface area contributed by atoms with Crippen LogP contribution in [0.3, 0.4) is 0 Å². The van der Waals surface area contributed by atoms with Crippen LogP contribution in [0.1, 0.15) is 5.56 Å². The van der Waals surface area contributed by atoms with Gasteiger partial charge in [0.25, 0.3) is 5.56 Å². The number of aromatic nitrogens is 3. The van der Waals surface area contributed by atoms with Crippen molar-refractivity contribution in [3.63, 3.8) is 0 Å². The quantitative estimate of drug-likeness (QED) is 0.641. The van der Waals surface area contributed by atoms with E-state index in [4.69, 9.17) is 4.74 Å². The lowest BCUT2D eigenvalue weighted by atomic mass is 10.1. The first kappa shape index (κ1) is 17.0. The van der Waals surface area contributed by atoms with Crippen molar-refractivity contribution in [3.05, 3.63) is 40.4 Å². The average molecular weight is 388 g/mol. The van der Waals surface area contributed by atoms with Crippen LogP contribution in [-0.4, -0.2) is 39.8 Å². The Balaban J connectivity index is 1.65. The van der Waals surface area contributed by atoms with E-state index in [1.165, 1.54) is 34.0 Å². The highest BCUT2D eigenvalue weighted by atomic mass is 32.2. The molecule has 0 saturated carbocycles. The van der Waals surface area contributed by atoms with Crippen molar-refractivity contribution in [2.75, 3.05) is 24.3 Å². The Morgan fingerprint density at radius 3 is 3.08 bits per heavy atom. The molecule has 1 aliphatic heterocycles. The van der Waals surface area contributed by atoms with Crippen molar-refractivity contribution in [3.8, 4) is 5.75 Å². The van der Waals surface area contributed by atoms with Crippen molar-refractivity contribution in [2.45, 2.75) is 17.8 Å². The Hall–Kier alpha value is -2.39. The maximum atomic E-state index is 12.9. The fourth-order valence-electron chi connectivity index (χ4n) is 2.84. The number of amides is 1. The molecule has 134 valence electrons. The molecule has 3 heterocycles. The molecule has 0 saturated heterocycles. The highest BCUT2D eigenvalue weighted by Gasteiger charge is 2.24. The highest BCUT2D eigenvalue weighted by Crippen LogP contribution is 2.32. The lowest BCUT2D eigenvalue weighted by Gasteiger charge is -2.30. The molecule has 4 rings (SSSR count). The second-order valence-electron chi connectivity index (χ2n) is 5.88. The fraction of sp³-hybridized carbons (Fsp3) is 0.294. The van der Waals surface area contributed by atoms with Gasteiger partial charge in [0.2, 0.25) is 5.91 Å². The van der Waals surface area contributed by atoms with E-state index in [1.54, 1.807) is 4.90 Å². The van der Waals surface area contributed by atoms with Gasteiger partial charge in [-0.3, -0.25) is 14.2 Å². The van der Waals surface area contributed by atoms with Gasteiger partial charge in [-0.25, -0.2) is 9.97 Å². The molecule has 0 aliphatic carbocycles. The zero-order valence-electron chi connectivity index (χ0n) is 14.3. The van der Waals surface area contributed by atoms with E-state index in [1.807, 2.05) is 31.4 Å². The van der Waals surface area contributed by atoms with Gasteiger partial charge in [-0.05, 0) is 30.9 Å². The van der Waals surface area contributed by atoms with Gasteiger partial charge in [0, 0.05) is 0 Å². The molecule has 1 aliphatic rings. The van der Waals surface area contributed by atoms with Gasteiger partial charge in [0.1, 0.15) is 29.9 Å². The van der Waals surface area contributed by atoms with Crippen LogP contribution in [0.15, 0.2) is 33.7 Å². The van der Waals surface area contributed by atoms with Gasteiger partial charge in [0.15, 0.2) is 9.99 Å². The third-order valence-corrected chi connectivity index (χ3v) is 6.14. The standard InChI is InChI=1S/C17H16N4O3S2/c1-10-3-4-12-11(7-10)21(5-6-24-12)13(22)8-20-9-18-15-14(16(20)23)26-17(19-15)25-2/h3-4,7,9H,5-6,8H2,1-2H3. The van der Waals surface area contributed by atoms with Crippen LogP contribution >= 0.6 is 23.1 Å². The van der Waals surface area contributed by atoms with Crippen LogP contribution in [0.2, 0.25) is 0 Å². The van der Waals surface area contributed by atoms with Crippen LogP contribution in [0.4, 0.5) is 5.69 Å². The van der Waals surface area contributed by atoms with Crippen LogP contribution in [0, 0.1) is 6.92 Å². The minimum absolute atomic E-state index is 0.0678. The molecule has 9 heteroatoms. The largest absolute Gasteiger partial charge is 0.490 e. The molecule has 0 fully saturated rings. The molecule has 0 atom stereocenters. The zero-order valence-corrected chi connectivity index (χ0v) is 15.9. The number of thiazole rings is 1. The predicted octanol–water partition coefficient (Wildman–Crippen LogP) is 2.31. The van der Waals surface area contributed by atoms with Gasteiger partial charge < -0.3 is 9.64 Å². The van der Waals surface area contributed by atoms with Gasteiger partial charge in [0.05, 0.1) is 12.2 Å². The summed E-state index contributed by atoms with van der Waals surface area (Å²) in [6, 6.07) is 5.73. The van der Waals surface area contributed by atoms with E-state index < -0.39 is 0 Å². The van der Waals surface area contributed by atoms with Crippen LogP contribution < -0.4 is 15.2 Å². The number of hydrogen-bond acceptors (Lipinski definition) is 7. The van der Waals surface area contributed by atoms with Crippen LogP contribution in [0.25, 0.3) is 10.3 Å². The molecule has 2 aromatic heterocycles. The van der Waals surface area contributed by atoms with Crippen molar-refractivity contribution in [2.24, 2.45) is 0 Å². The third kappa shape index (κ3) is 2.97. The minimum atomic E-state index is -0.237. The Labute approximate surface area is 157 Å². The summed E-state index contributed by atoms with van der Waals surface area (Å²) in [4.78, 5) is 35.7. The Kier molecular flexibility index (Phi) is 4.41. The molecule has 26 heavy (non-hydrogen) atoms. The minimum Gasteiger partial charge on any atom is -0.490 e. The van der Waals surface area contributed by atoms with Crippen molar-refractivity contribution in [1.82, 2.24) is 14.5 Å². The SMILES string of the molecule is CSc1nc2ncn(CC(=O)N3CCOc4ccc(C)cc43)c(=O)c2s1. The van der Waals surface area contributed by atoms with Crippen LogP contribution in [-0.2, 0) is 11.3 Å². The van der Waals surface area contributed by atoms with Crippen molar-refractivity contribution < 1.29 is 9.53 Å². The van der Waals surface area contributed by atoms with E-state index >= 15 is 0 Å². The molecular weight excluding hydrogens is 372 g/mol. The summed E-state index contributed by atoms with van der Waals surface area (Å²) in [6.07, 6.45) is 3.29. The maximum absolute atomic E-state index is 12.9. The molecule has 0 unspecified atom stereocenters. The summed E-state index contributed by atoms with van der Waals surface area (Å²) in [5.74, 6) is 0.515. The van der Waals surface area contributed by atoms with Crippen molar-refractivity contribution in [1.29, 1.82) is 0 Å². The van der Waals surface area contributed by atoms with E-state index in [2.05, 4.69) is 9.97 Å². The molecule has 1 amide bonds. The highest BCUT2D eigenvalue weighted by molar-refractivity contribution is 8.00. The summed E-state index contributed by atoms with van der Waals surface area (Å²) in [7, 11) is 0. The third-order valence-electron chi connectivity index (χ3n) is 4.12. The normalized spacial score (nSPS) is 13.5. The average Bonchev–Trinajstić information content (AvgIpc) is 3.07. The smallest absolute Gasteiger partial charge is 0.273 e. The number of fused-ring (bicyclic) bond motifs is 2. The zero-order chi connectivity index (χ0) is 18.3. The number of carbonyl (C=O) groups excluding carboxylic acids is 1. The summed E-state index contributed by atoms with van der Waals surface area (Å²) in [6.45, 7) is 2.78. The first-order chi connectivity index (χ1) is 12.6. The second-order valence-corrected chi connectivity index (χ2v) is 7.93. The first-order valence-electron chi connectivity index (χ1n) is 8.00. The summed E-state index contributed by atoms with van der Waals surface area (Å²) >= 11 is 2.77. The number of carbonyl (C=O) groups is 1. The second kappa shape index (κ2) is 6.73. The molecule has 1 aromatic carbocycles. The van der Waals surface area contributed by atoms with E-state index in [0.717, 1.165) is 15.6 Å². The molecule has 7 nitrogen and oxygen atoms in total. The van der Waals surface area contributed by atoms with Gasteiger partial charge >= 0.3 is 0 Å². The molecule has 0 radical (unpaired) electrons. The number of ether oxygens (including phenoxy) is 1. The molecule has 3 aromatic rings. The lowest BCUT2D eigenvalue weighted by Crippen LogP contribution is -2.41. The summed E-state index contributed by atoms with van der Waals surface area (Å²) in [5.41, 5.74) is 1.98. The number of rotatable bonds is 3. The number of benzene rings is 1. The Morgan fingerprint density at radius 1 is 1.42 bits per heavy atom. The number of thioether (sulfide) groups is 1. The predicted molar refractivity (Wildman–Crippen MR) is 102 cm³/mol. The van der Waals surface area contributed by atoms with E-state index in [0.29, 0.717) is 29.2 Å². The monoisotopic (exact) mass is 388 g/mol. The maximum Gasteiger partial charge on any atom is 0.273 e. The topological polar surface area (TPSA) is 77.3 Å². The Bertz CT molecular complexity index is 1060. The van der Waals surface area contributed by atoms with Crippen molar-refractivity contribution >= 4 is 45.0 Å². The number of hydrogen-bond donors (Lipinski definition) is 0. The van der Waals surface area contributed by atoms with Crippen LogP contribution in [0.5, 0.6) is 5.75 Å². The molecule has 0 bridgehead atoms. The number of nitrogens with zero attached hydrogens (tertiary/aromatic N) is 4.